The fourth-order valence-electron chi connectivity index (χ4n) is 0.524. The van der Waals surface area contributed by atoms with E-state index in [4.69, 9.17) is 0 Å². The maximum Gasteiger partial charge on any atom is 0.219 e. The van der Waals surface area contributed by atoms with Crippen molar-refractivity contribution in [1.82, 2.24) is 7.79 Å². The molecule has 0 aromatic rings. The molecule has 0 aliphatic heterocycles. The van der Waals surface area contributed by atoms with Crippen molar-refractivity contribution in [2.24, 2.45) is 0 Å². The van der Waals surface area contributed by atoms with E-state index in [9.17, 15) is 0 Å². The van der Waals surface area contributed by atoms with Gasteiger partial charge in [0.05, 0.1) is 0 Å². The van der Waals surface area contributed by atoms with Gasteiger partial charge in [0.25, 0.3) is 0 Å². The molecule has 0 aromatic heterocycles. The van der Waals surface area contributed by atoms with Crippen molar-refractivity contribution in [3.8, 4) is 0 Å². The Labute approximate surface area is 82.7 Å². The summed E-state index contributed by atoms with van der Waals surface area (Å²) < 4.78 is 5.07. The molecule has 0 amide bonds. The molecule has 0 bridgehead atoms. The van der Waals surface area contributed by atoms with Crippen molar-refractivity contribution < 1.29 is 0 Å². The van der Waals surface area contributed by atoms with Crippen molar-refractivity contribution in [1.29, 1.82) is 0 Å². The van der Waals surface area contributed by atoms with Crippen molar-refractivity contribution in [2.75, 3.05) is 0 Å². The molecule has 0 unspecified atom stereocenters. The van der Waals surface area contributed by atoms with E-state index < -0.39 is 0 Å². The second-order valence-electron chi connectivity index (χ2n) is 1.67. The Hall–Kier alpha value is 1.00. The van der Waals surface area contributed by atoms with Crippen LogP contribution in [0, 0.1) is 0 Å². The van der Waals surface area contributed by atoms with Gasteiger partial charge in [-0.3, -0.25) is 0 Å². The lowest BCUT2D eigenvalue weighted by atomic mass is 11.9. The molecule has 0 aliphatic carbocycles. The molecule has 0 rings (SSSR count). The predicted octanol–water partition coefficient (Wildman–Crippen LogP) is -0.206. The zero-order chi connectivity index (χ0) is 8.69. The highest BCUT2D eigenvalue weighted by Crippen LogP contribution is 1.84. The first kappa shape index (κ1) is 12.0. The van der Waals surface area contributed by atoms with Crippen LogP contribution in [-0.4, -0.2) is 56.4 Å². The number of hydrogen-bond donors (Lipinski definition) is 0. The lowest BCUT2D eigenvalue weighted by Crippen LogP contribution is -2.46. The second kappa shape index (κ2) is 7.64. The van der Waals surface area contributed by atoms with Crippen molar-refractivity contribution in [3.63, 3.8) is 0 Å². The minimum absolute atomic E-state index is 0.931. The first-order valence-electron chi connectivity index (χ1n) is 3.34. The van der Waals surface area contributed by atoms with Gasteiger partial charge in [0.1, 0.15) is 38.7 Å². The van der Waals surface area contributed by atoms with Crippen LogP contribution in [0.1, 0.15) is 0 Å². The van der Waals surface area contributed by atoms with E-state index in [0.717, 1.165) is 48.6 Å². The molecule has 0 aliphatic rings. The average Bonchev–Trinajstić information content (AvgIpc) is 2.07. The molecular formula is C4H12N2Si5. The molecule has 0 saturated carbocycles. The van der Waals surface area contributed by atoms with Crippen molar-refractivity contribution in [3.05, 3.63) is 0 Å². The summed E-state index contributed by atoms with van der Waals surface area (Å²) in [6, 6.07) is 0. The third kappa shape index (κ3) is 5.28. The molecule has 0 saturated heterocycles. The van der Waals surface area contributed by atoms with Crippen molar-refractivity contribution in [2.45, 2.75) is 26.2 Å². The molecule has 10 radical (unpaired) electrons. The van der Waals surface area contributed by atoms with Gasteiger partial charge in [-0.1, -0.05) is 26.2 Å². The zero-order valence-corrected chi connectivity index (χ0v) is 12.4. The lowest BCUT2D eigenvalue weighted by molar-refractivity contribution is 0.951. The lowest BCUT2D eigenvalue weighted by Gasteiger charge is -2.23. The Balaban J connectivity index is 3.58. The number of hydrogen-bond acceptors (Lipinski definition) is 2. The average molecular weight is 229 g/mol. The molecule has 0 N–H and O–H groups in total. The highest BCUT2D eigenvalue weighted by molar-refractivity contribution is 6.72. The Bertz CT molecular complexity index is 74.6. The Morgan fingerprint density at radius 3 is 1.09 bits per heavy atom. The topological polar surface area (TPSA) is 6.48 Å². The molecule has 0 spiro atoms. The fourth-order valence-corrected chi connectivity index (χ4v) is 6.51. The van der Waals surface area contributed by atoms with E-state index in [-0.39, 0.29) is 0 Å². The molecule has 0 heterocycles. The van der Waals surface area contributed by atoms with E-state index >= 15 is 0 Å². The minimum Gasteiger partial charge on any atom is -0.362 e. The van der Waals surface area contributed by atoms with Gasteiger partial charge in [-0.2, -0.15) is 0 Å². The molecule has 11 heavy (non-hydrogen) atoms. The first-order valence-corrected chi connectivity index (χ1v) is 10.0. The summed E-state index contributed by atoms with van der Waals surface area (Å²) in [4.78, 5) is 0. The van der Waals surface area contributed by atoms with E-state index in [1.807, 2.05) is 0 Å². The summed E-state index contributed by atoms with van der Waals surface area (Å²) in [7, 11) is 4.82. The van der Waals surface area contributed by atoms with Crippen LogP contribution < -0.4 is 0 Å². The van der Waals surface area contributed by atoms with E-state index in [1.54, 1.807) is 0 Å². The van der Waals surface area contributed by atoms with Gasteiger partial charge in [-0.15, -0.1) is 0 Å². The van der Waals surface area contributed by atoms with Gasteiger partial charge in [-0.25, -0.2) is 0 Å². The van der Waals surface area contributed by atoms with Crippen LogP contribution in [0.2, 0.25) is 26.2 Å². The van der Waals surface area contributed by atoms with Gasteiger partial charge in [0, 0.05) is 0 Å². The summed E-state index contributed by atoms with van der Waals surface area (Å²) in [6.07, 6.45) is 0. The van der Waals surface area contributed by atoms with Crippen molar-refractivity contribution >= 4 is 48.6 Å². The Morgan fingerprint density at radius 2 is 0.909 bits per heavy atom. The maximum atomic E-state index is 2.53. The smallest absolute Gasteiger partial charge is 0.219 e. The van der Waals surface area contributed by atoms with Crippen LogP contribution in [0.15, 0.2) is 0 Å². The highest BCUT2D eigenvalue weighted by Gasteiger charge is 2.08. The Kier molecular flexibility index (Phi) is 8.34. The largest absolute Gasteiger partial charge is 0.362 e. The predicted molar refractivity (Wildman–Crippen MR) is 55.9 cm³/mol. The van der Waals surface area contributed by atoms with Crippen LogP contribution in [0.4, 0.5) is 0 Å². The van der Waals surface area contributed by atoms with E-state index in [0.29, 0.717) is 0 Å². The van der Waals surface area contributed by atoms with Crippen LogP contribution in [-0.2, 0) is 0 Å². The second-order valence-corrected chi connectivity index (χ2v) is 9.02. The quantitative estimate of drug-likeness (QED) is 0.581. The molecule has 2 nitrogen and oxygen atoms in total. The highest BCUT2D eigenvalue weighted by atomic mass is 28.4. The normalized spacial score (nSPS) is 11.5. The fraction of sp³-hybridized carbons (Fsp3) is 1.00. The standard InChI is InChI=1S/C4H12N2Si5/c1-7-5(8-2)11-6(9-3)10-4/h1-4H3. The van der Waals surface area contributed by atoms with Crippen LogP contribution in [0.25, 0.3) is 0 Å². The van der Waals surface area contributed by atoms with E-state index in [2.05, 4.69) is 34.0 Å². The molecule has 7 heteroatoms. The van der Waals surface area contributed by atoms with E-state index in [1.165, 1.54) is 0 Å². The molecule has 0 aromatic carbocycles. The van der Waals surface area contributed by atoms with Gasteiger partial charge in [0.15, 0.2) is 0 Å². The zero-order valence-electron chi connectivity index (χ0n) is 7.39. The molecule has 0 fully saturated rings. The number of nitrogens with zero attached hydrogens (tertiary/aromatic N) is 2. The summed E-state index contributed by atoms with van der Waals surface area (Å²) in [5.74, 6) is 0. The van der Waals surface area contributed by atoms with Crippen LogP contribution in [0.5, 0.6) is 0 Å². The summed E-state index contributed by atoms with van der Waals surface area (Å²) in [5.41, 5.74) is 0. The minimum atomic E-state index is 0.931. The third-order valence-corrected chi connectivity index (χ3v) is 9.85. The van der Waals surface area contributed by atoms with Crippen LogP contribution >= 0.6 is 0 Å². The molecule has 0 atom stereocenters. The van der Waals surface area contributed by atoms with Crippen LogP contribution in [0.3, 0.4) is 0 Å². The van der Waals surface area contributed by atoms with Gasteiger partial charge < -0.3 is 7.79 Å². The van der Waals surface area contributed by atoms with Gasteiger partial charge in [-0.05, 0) is 0 Å². The molecule has 58 valence electrons. The SMILES string of the molecule is C[Si]N([Si]C)[Si]N([Si]C)[Si]C. The van der Waals surface area contributed by atoms with Gasteiger partial charge >= 0.3 is 0 Å². The Morgan fingerprint density at radius 1 is 0.636 bits per heavy atom. The van der Waals surface area contributed by atoms with Gasteiger partial charge in [0.2, 0.25) is 9.84 Å². The first-order chi connectivity index (χ1) is 5.28. The maximum absolute atomic E-state index is 2.53. The monoisotopic (exact) mass is 228 g/mol. The third-order valence-electron chi connectivity index (χ3n) is 1.09. The summed E-state index contributed by atoms with van der Waals surface area (Å²) in [6.45, 7) is 9.05. The number of rotatable bonds is 6. The molecular weight excluding hydrogens is 216 g/mol. The summed E-state index contributed by atoms with van der Waals surface area (Å²) >= 11 is 0. The summed E-state index contributed by atoms with van der Waals surface area (Å²) in [5, 5.41) is 0.